The summed E-state index contributed by atoms with van der Waals surface area (Å²) in [6.07, 6.45) is 1.36. The van der Waals surface area contributed by atoms with Crippen LogP contribution >= 0.6 is 22.7 Å². The van der Waals surface area contributed by atoms with Crippen LogP contribution in [0.4, 0.5) is 0 Å². The fourth-order valence-corrected chi connectivity index (χ4v) is 6.12. The minimum Gasteiger partial charge on any atom is -0.513 e. The Morgan fingerprint density at radius 1 is 0.825 bits per heavy atom. The Kier molecular flexibility index (Phi) is 9.38. The van der Waals surface area contributed by atoms with Crippen LogP contribution in [0.25, 0.3) is 20.3 Å². The largest absolute Gasteiger partial charge is 0.513 e. The molecule has 210 valence electrons. The molecule has 0 saturated carbocycles. The highest BCUT2D eigenvalue weighted by Gasteiger charge is 2.17. The predicted molar refractivity (Wildman–Crippen MR) is 155 cm³/mol. The Balaban J connectivity index is 1.42. The van der Waals surface area contributed by atoms with Crippen LogP contribution < -0.4 is 14.2 Å². The number of carboxylic acids is 1. The number of hydrogen-bond donors (Lipinski definition) is 2. The molecule has 3 heterocycles. The average molecular weight is 584 g/mol. The highest BCUT2D eigenvalue weighted by Crippen LogP contribution is 2.37. The SMILES string of the molecule is C=C(O)CCC(=O)c1cc2cc(OCCCc3nc4cc(C(=O)CCC(=O)O)sc4cc3OC)c(OC)cc2s1. The van der Waals surface area contributed by atoms with Crippen LogP contribution in [0.3, 0.4) is 0 Å². The van der Waals surface area contributed by atoms with Gasteiger partial charge in [0.2, 0.25) is 0 Å². The van der Waals surface area contributed by atoms with E-state index in [0.29, 0.717) is 52.0 Å². The van der Waals surface area contributed by atoms with Crippen LogP contribution in [0.2, 0.25) is 0 Å². The standard InChI is InChI=1S/C29H29NO8S2/c1-16(31)6-7-20(32)27-12-17-11-24(23(37-3)15-25(17)39-27)38-10-4-5-18-22(36-2)14-26-19(30-18)13-28(40-26)21(33)8-9-29(34)35/h11-15,31H,1,4-10H2,2-3H3,(H,34,35). The van der Waals surface area contributed by atoms with E-state index in [1.165, 1.54) is 22.7 Å². The number of aromatic nitrogens is 1. The second kappa shape index (κ2) is 12.9. The van der Waals surface area contributed by atoms with Gasteiger partial charge in [-0.25, -0.2) is 4.98 Å². The van der Waals surface area contributed by atoms with Crippen LogP contribution in [0, 0.1) is 0 Å². The van der Waals surface area contributed by atoms with Gasteiger partial charge in [-0.15, -0.1) is 22.7 Å². The summed E-state index contributed by atoms with van der Waals surface area (Å²) in [6, 6.07) is 9.07. The first-order valence-corrected chi connectivity index (χ1v) is 14.2. The van der Waals surface area contributed by atoms with Crippen molar-refractivity contribution in [3.8, 4) is 17.2 Å². The van der Waals surface area contributed by atoms with Crippen molar-refractivity contribution in [2.75, 3.05) is 20.8 Å². The number of aryl methyl sites for hydroxylation is 1. The van der Waals surface area contributed by atoms with Gasteiger partial charge in [-0.1, -0.05) is 6.58 Å². The van der Waals surface area contributed by atoms with Gasteiger partial charge in [-0.3, -0.25) is 14.4 Å². The van der Waals surface area contributed by atoms with Crippen LogP contribution in [-0.4, -0.2) is 53.6 Å². The first-order chi connectivity index (χ1) is 19.2. The summed E-state index contributed by atoms with van der Waals surface area (Å²) >= 11 is 2.64. The van der Waals surface area contributed by atoms with Crippen molar-refractivity contribution in [1.82, 2.24) is 4.98 Å². The molecule has 0 unspecified atom stereocenters. The first-order valence-electron chi connectivity index (χ1n) is 12.5. The molecule has 0 aliphatic carbocycles. The van der Waals surface area contributed by atoms with E-state index in [0.717, 1.165) is 20.5 Å². The van der Waals surface area contributed by atoms with Crippen molar-refractivity contribution in [1.29, 1.82) is 0 Å². The molecule has 0 saturated heterocycles. The molecule has 4 aromatic rings. The monoisotopic (exact) mass is 583 g/mol. The fourth-order valence-electron chi connectivity index (χ4n) is 4.09. The van der Waals surface area contributed by atoms with Crippen molar-refractivity contribution < 1.29 is 38.8 Å². The summed E-state index contributed by atoms with van der Waals surface area (Å²) in [5.41, 5.74) is 1.40. The molecular formula is C29H29NO8S2. The highest BCUT2D eigenvalue weighted by atomic mass is 32.1. The minimum atomic E-state index is -1.01. The van der Waals surface area contributed by atoms with Crippen molar-refractivity contribution in [2.45, 2.75) is 38.5 Å². The topological polar surface area (TPSA) is 132 Å². The Bertz CT molecular complexity index is 1470. The molecule has 4 rings (SSSR count). The second-order valence-corrected chi connectivity index (χ2v) is 11.2. The number of Topliss-reactive ketones (excluding diaryl/α,β-unsaturated/α-hetero) is 2. The van der Waals surface area contributed by atoms with E-state index in [-0.39, 0.29) is 43.0 Å². The summed E-state index contributed by atoms with van der Waals surface area (Å²) in [6.45, 7) is 3.81. The summed E-state index contributed by atoms with van der Waals surface area (Å²) in [5.74, 6) is 0.441. The van der Waals surface area contributed by atoms with Crippen molar-refractivity contribution in [2.24, 2.45) is 0 Å². The number of ketones is 2. The van der Waals surface area contributed by atoms with Gasteiger partial charge in [0.15, 0.2) is 23.1 Å². The molecular weight excluding hydrogens is 554 g/mol. The van der Waals surface area contributed by atoms with Gasteiger partial charge in [0, 0.05) is 36.1 Å². The zero-order valence-corrected chi connectivity index (χ0v) is 23.8. The number of thiophene rings is 2. The third-order valence-electron chi connectivity index (χ3n) is 6.14. The van der Waals surface area contributed by atoms with Crippen LogP contribution in [0.1, 0.15) is 57.1 Å². The lowest BCUT2D eigenvalue weighted by Gasteiger charge is -2.12. The Morgan fingerprint density at radius 3 is 2.15 bits per heavy atom. The Hall–Kier alpha value is -3.96. The molecule has 40 heavy (non-hydrogen) atoms. The van der Waals surface area contributed by atoms with Gasteiger partial charge in [0.1, 0.15) is 5.75 Å². The second-order valence-electron chi connectivity index (χ2n) is 9.04. The molecule has 0 aliphatic heterocycles. The number of pyridine rings is 1. The maximum absolute atomic E-state index is 12.5. The highest BCUT2D eigenvalue weighted by molar-refractivity contribution is 7.21. The maximum Gasteiger partial charge on any atom is 0.303 e. The summed E-state index contributed by atoms with van der Waals surface area (Å²) in [7, 11) is 3.13. The van der Waals surface area contributed by atoms with Gasteiger partial charge in [0.25, 0.3) is 0 Å². The summed E-state index contributed by atoms with van der Waals surface area (Å²) in [4.78, 5) is 41.4. The number of carbonyl (C=O) groups excluding carboxylic acids is 2. The molecule has 1 aromatic carbocycles. The fraction of sp³-hybridized carbons (Fsp3) is 0.310. The van der Waals surface area contributed by atoms with Gasteiger partial charge < -0.3 is 24.4 Å². The van der Waals surface area contributed by atoms with Crippen LogP contribution in [0.15, 0.2) is 42.7 Å². The van der Waals surface area contributed by atoms with Crippen molar-refractivity contribution in [3.63, 3.8) is 0 Å². The summed E-state index contributed by atoms with van der Waals surface area (Å²) in [5, 5.41) is 19.0. The molecule has 0 aliphatic rings. The van der Waals surface area contributed by atoms with E-state index in [1.54, 1.807) is 20.3 Å². The lowest BCUT2D eigenvalue weighted by atomic mass is 10.1. The predicted octanol–water partition coefficient (Wildman–Crippen LogP) is 6.62. The van der Waals surface area contributed by atoms with E-state index in [2.05, 4.69) is 6.58 Å². The summed E-state index contributed by atoms with van der Waals surface area (Å²) < 4.78 is 18.8. The molecule has 0 spiro atoms. The third-order valence-corrected chi connectivity index (χ3v) is 8.39. The van der Waals surface area contributed by atoms with Crippen molar-refractivity contribution in [3.05, 3.63) is 58.1 Å². The van der Waals surface area contributed by atoms with E-state index in [1.807, 2.05) is 24.3 Å². The number of fused-ring (bicyclic) bond motifs is 2. The molecule has 11 heteroatoms. The van der Waals surface area contributed by atoms with E-state index in [4.69, 9.17) is 24.3 Å². The first kappa shape index (κ1) is 29.0. The number of carboxylic acid groups (broad SMARTS) is 1. The number of ether oxygens (including phenoxy) is 3. The molecule has 9 nitrogen and oxygen atoms in total. The number of benzene rings is 1. The molecule has 2 N–H and O–H groups in total. The van der Waals surface area contributed by atoms with Gasteiger partial charge >= 0.3 is 5.97 Å². The number of methoxy groups -OCH3 is 2. The molecule has 0 amide bonds. The zero-order chi connectivity index (χ0) is 28.8. The molecule has 0 fully saturated rings. The Labute approximate surface area is 238 Å². The minimum absolute atomic E-state index is 0.0114. The quantitative estimate of drug-likeness (QED) is 0.0900. The van der Waals surface area contributed by atoms with Gasteiger partial charge in [-0.2, -0.15) is 0 Å². The van der Waals surface area contributed by atoms with Crippen LogP contribution in [0.5, 0.6) is 17.2 Å². The number of hydrogen-bond acceptors (Lipinski definition) is 10. The lowest BCUT2D eigenvalue weighted by molar-refractivity contribution is -0.136. The number of carbonyl (C=O) groups is 3. The van der Waals surface area contributed by atoms with Crippen LogP contribution in [-0.2, 0) is 11.2 Å². The number of nitrogens with zero attached hydrogens (tertiary/aromatic N) is 1. The van der Waals surface area contributed by atoms with Crippen molar-refractivity contribution >= 4 is 60.5 Å². The zero-order valence-electron chi connectivity index (χ0n) is 22.2. The average Bonchev–Trinajstić information content (AvgIpc) is 3.55. The number of aliphatic hydroxyl groups is 1. The van der Waals surface area contributed by atoms with Gasteiger partial charge in [0.05, 0.1) is 58.7 Å². The smallest absolute Gasteiger partial charge is 0.303 e. The molecule has 3 aromatic heterocycles. The number of aliphatic hydroxyl groups excluding tert-OH is 1. The maximum atomic E-state index is 12.5. The number of rotatable bonds is 15. The lowest BCUT2D eigenvalue weighted by Crippen LogP contribution is -2.03. The number of aliphatic carboxylic acids is 1. The molecule has 0 radical (unpaired) electrons. The van der Waals surface area contributed by atoms with E-state index < -0.39 is 5.97 Å². The third kappa shape index (κ3) is 6.97. The molecule has 0 atom stereocenters. The number of allylic oxidation sites excluding steroid dienone is 1. The Morgan fingerprint density at radius 2 is 1.48 bits per heavy atom. The van der Waals surface area contributed by atoms with E-state index >= 15 is 0 Å². The van der Waals surface area contributed by atoms with Gasteiger partial charge in [-0.05, 0) is 36.4 Å². The van der Waals surface area contributed by atoms with E-state index in [9.17, 15) is 19.5 Å². The normalized spacial score (nSPS) is 11.1. The molecule has 0 bridgehead atoms.